The van der Waals surface area contributed by atoms with E-state index in [-0.39, 0.29) is 0 Å². The molecule has 4 N–H and O–H groups in total. The molecule has 0 aliphatic carbocycles. The van der Waals surface area contributed by atoms with Gasteiger partial charge < -0.3 is 15.4 Å². The molecular formula is C16H25N5OS2. The van der Waals surface area contributed by atoms with Gasteiger partial charge in [0, 0.05) is 31.9 Å². The van der Waals surface area contributed by atoms with E-state index in [1.807, 2.05) is 12.1 Å². The number of anilines is 1. The molecule has 0 amide bonds. The van der Waals surface area contributed by atoms with Crippen LogP contribution in [0.1, 0.15) is 12.5 Å². The summed E-state index contributed by atoms with van der Waals surface area (Å²) in [5, 5.41) is 7.28. The molecule has 8 heteroatoms. The second-order valence-corrected chi connectivity index (χ2v) is 6.28. The van der Waals surface area contributed by atoms with Crippen LogP contribution in [0.4, 0.5) is 5.69 Å². The van der Waals surface area contributed by atoms with Crippen molar-refractivity contribution in [3.05, 3.63) is 29.8 Å². The highest BCUT2D eigenvalue weighted by Crippen LogP contribution is 2.10. The molecule has 0 radical (unpaired) electrons. The molecule has 1 fully saturated rings. The largest absolute Gasteiger partial charge is 0.379 e. The van der Waals surface area contributed by atoms with Gasteiger partial charge in [0.05, 0.1) is 13.2 Å². The minimum atomic E-state index is 0.473. The van der Waals surface area contributed by atoms with E-state index >= 15 is 0 Å². The molecule has 6 nitrogen and oxygen atoms in total. The van der Waals surface area contributed by atoms with Crippen LogP contribution in [-0.2, 0) is 11.2 Å². The molecule has 0 bridgehead atoms. The number of thiocarbonyl (C=S) groups is 2. The standard InChI is InChI=1S/C16H25N5OS2/c1-2-13-4-3-5-14(12-13)18-16(24)20-19-15(23)17-6-7-21-8-10-22-11-9-21/h3-5,12H,2,6-11H2,1H3,(H2,17,19,23)(H2,18,20,24). The molecule has 0 spiro atoms. The molecule has 1 aromatic carbocycles. The minimum Gasteiger partial charge on any atom is -0.379 e. The molecule has 0 unspecified atom stereocenters. The Morgan fingerprint density at radius 3 is 2.67 bits per heavy atom. The Labute approximate surface area is 154 Å². The Balaban J connectivity index is 1.61. The molecule has 0 aromatic heterocycles. The van der Waals surface area contributed by atoms with Gasteiger partial charge in [-0.25, -0.2) is 0 Å². The third-order valence-corrected chi connectivity index (χ3v) is 4.15. The van der Waals surface area contributed by atoms with Gasteiger partial charge in [0.2, 0.25) is 0 Å². The number of nitrogens with one attached hydrogen (secondary N) is 4. The smallest absolute Gasteiger partial charge is 0.189 e. The minimum absolute atomic E-state index is 0.473. The van der Waals surface area contributed by atoms with Crippen molar-refractivity contribution in [1.82, 2.24) is 21.1 Å². The van der Waals surface area contributed by atoms with E-state index < -0.39 is 0 Å². The Morgan fingerprint density at radius 2 is 1.92 bits per heavy atom. The Kier molecular flexibility index (Phi) is 8.17. The third-order valence-electron chi connectivity index (χ3n) is 3.70. The highest BCUT2D eigenvalue weighted by molar-refractivity contribution is 7.80. The second kappa shape index (κ2) is 10.4. The summed E-state index contributed by atoms with van der Waals surface area (Å²) in [6.07, 6.45) is 0.991. The Hall–Kier alpha value is -1.48. The number of morpholine rings is 1. The molecule has 0 saturated carbocycles. The summed E-state index contributed by atoms with van der Waals surface area (Å²) in [4.78, 5) is 2.35. The number of hydrogen-bond acceptors (Lipinski definition) is 4. The van der Waals surface area contributed by atoms with Crippen molar-refractivity contribution < 1.29 is 4.74 Å². The third kappa shape index (κ3) is 6.96. The van der Waals surface area contributed by atoms with Crippen LogP contribution in [0.25, 0.3) is 0 Å². The van der Waals surface area contributed by atoms with Crippen molar-refractivity contribution in [3.8, 4) is 0 Å². The zero-order valence-corrected chi connectivity index (χ0v) is 15.6. The summed E-state index contributed by atoms with van der Waals surface area (Å²) in [5.41, 5.74) is 8.00. The van der Waals surface area contributed by atoms with Crippen LogP contribution in [0.5, 0.6) is 0 Å². The lowest BCUT2D eigenvalue weighted by atomic mass is 10.1. The first-order valence-corrected chi connectivity index (χ1v) is 8.99. The average Bonchev–Trinajstić information content (AvgIpc) is 2.61. The number of ether oxygens (including phenoxy) is 1. The maximum atomic E-state index is 5.32. The zero-order valence-electron chi connectivity index (χ0n) is 13.9. The van der Waals surface area contributed by atoms with Gasteiger partial charge in [0.25, 0.3) is 0 Å². The van der Waals surface area contributed by atoms with Gasteiger partial charge in [-0.15, -0.1) is 0 Å². The Morgan fingerprint density at radius 1 is 1.17 bits per heavy atom. The number of hydrazine groups is 1. The zero-order chi connectivity index (χ0) is 17.2. The van der Waals surface area contributed by atoms with Crippen LogP contribution in [0.15, 0.2) is 24.3 Å². The molecule has 1 heterocycles. The van der Waals surface area contributed by atoms with Crippen molar-refractivity contribution in [2.45, 2.75) is 13.3 Å². The van der Waals surface area contributed by atoms with E-state index in [2.05, 4.69) is 45.4 Å². The van der Waals surface area contributed by atoms with Crippen molar-refractivity contribution in [3.63, 3.8) is 0 Å². The summed E-state index contributed by atoms with van der Waals surface area (Å²) in [6.45, 7) is 7.42. The summed E-state index contributed by atoms with van der Waals surface area (Å²) in [6, 6.07) is 8.15. The molecule has 0 atom stereocenters. The fourth-order valence-electron chi connectivity index (χ4n) is 2.34. The van der Waals surface area contributed by atoms with Crippen LogP contribution in [-0.4, -0.2) is 54.5 Å². The van der Waals surface area contributed by atoms with Crippen molar-refractivity contribution in [2.75, 3.05) is 44.7 Å². The molecule has 2 rings (SSSR count). The number of aryl methyl sites for hydroxylation is 1. The predicted molar refractivity (Wildman–Crippen MR) is 106 cm³/mol. The molecule has 1 aromatic rings. The van der Waals surface area contributed by atoms with Gasteiger partial charge in [-0.3, -0.25) is 15.8 Å². The molecular weight excluding hydrogens is 342 g/mol. The number of hydrogen-bond donors (Lipinski definition) is 4. The molecule has 24 heavy (non-hydrogen) atoms. The number of nitrogens with zero attached hydrogens (tertiary/aromatic N) is 1. The second-order valence-electron chi connectivity index (χ2n) is 5.47. The summed E-state index contributed by atoms with van der Waals surface area (Å²) < 4.78 is 5.32. The van der Waals surface area contributed by atoms with Gasteiger partial charge in [-0.1, -0.05) is 19.1 Å². The molecule has 1 saturated heterocycles. The van der Waals surface area contributed by atoms with Gasteiger partial charge in [-0.2, -0.15) is 0 Å². The van der Waals surface area contributed by atoms with E-state index in [1.54, 1.807) is 0 Å². The topological polar surface area (TPSA) is 60.6 Å². The van der Waals surface area contributed by atoms with E-state index in [9.17, 15) is 0 Å². The lowest BCUT2D eigenvalue weighted by molar-refractivity contribution is 0.0389. The fourth-order valence-corrected chi connectivity index (χ4v) is 2.66. The van der Waals surface area contributed by atoms with E-state index in [0.717, 1.165) is 51.5 Å². The van der Waals surface area contributed by atoms with Gasteiger partial charge in [0.15, 0.2) is 10.2 Å². The average molecular weight is 368 g/mol. The maximum Gasteiger partial charge on any atom is 0.189 e. The quantitative estimate of drug-likeness (QED) is 0.458. The maximum absolute atomic E-state index is 5.32. The van der Waals surface area contributed by atoms with Crippen molar-refractivity contribution >= 4 is 40.3 Å². The van der Waals surface area contributed by atoms with E-state index in [4.69, 9.17) is 29.2 Å². The van der Waals surface area contributed by atoms with Gasteiger partial charge in [-0.05, 0) is 48.6 Å². The van der Waals surface area contributed by atoms with Crippen LogP contribution in [0.2, 0.25) is 0 Å². The molecule has 1 aliphatic heterocycles. The van der Waals surface area contributed by atoms with E-state index in [0.29, 0.717) is 10.2 Å². The summed E-state index contributed by atoms with van der Waals surface area (Å²) >= 11 is 10.5. The first-order chi connectivity index (χ1) is 11.7. The molecule has 1 aliphatic rings. The highest BCUT2D eigenvalue weighted by atomic mass is 32.1. The van der Waals surface area contributed by atoms with Gasteiger partial charge >= 0.3 is 0 Å². The van der Waals surface area contributed by atoms with Crippen LogP contribution in [0, 0.1) is 0 Å². The first kappa shape index (κ1) is 18.9. The van der Waals surface area contributed by atoms with Crippen molar-refractivity contribution in [2.24, 2.45) is 0 Å². The fraction of sp³-hybridized carbons (Fsp3) is 0.500. The van der Waals surface area contributed by atoms with Gasteiger partial charge in [0.1, 0.15) is 0 Å². The summed E-state index contributed by atoms with van der Waals surface area (Å²) in [7, 11) is 0. The monoisotopic (exact) mass is 367 g/mol. The van der Waals surface area contributed by atoms with Crippen LogP contribution < -0.4 is 21.5 Å². The van der Waals surface area contributed by atoms with Crippen molar-refractivity contribution in [1.29, 1.82) is 0 Å². The predicted octanol–water partition coefficient (Wildman–Crippen LogP) is 1.25. The number of benzene rings is 1. The lowest BCUT2D eigenvalue weighted by Crippen LogP contribution is -2.50. The molecule has 132 valence electrons. The normalized spacial score (nSPS) is 14.7. The van der Waals surface area contributed by atoms with E-state index in [1.165, 1.54) is 5.56 Å². The van der Waals surface area contributed by atoms with Crippen LogP contribution >= 0.6 is 24.4 Å². The van der Waals surface area contributed by atoms with Crippen LogP contribution in [0.3, 0.4) is 0 Å². The Bertz CT molecular complexity index is 549. The highest BCUT2D eigenvalue weighted by Gasteiger charge is 2.09. The first-order valence-electron chi connectivity index (χ1n) is 8.17. The lowest BCUT2D eigenvalue weighted by Gasteiger charge is -2.26. The number of rotatable bonds is 5. The summed E-state index contributed by atoms with van der Waals surface area (Å²) in [5.74, 6) is 0. The SMILES string of the molecule is CCc1cccc(NC(=S)NNC(=S)NCCN2CCOCC2)c1.